The maximum absolute atomic E-state index is 12.4. The molecule has 26 heavy (non-hydrogen) atoms. The van der Waals surface area contributed by atoms with Crippen molar-refractivity contribution in [1.29, 1.82) is 0 Å². The molecule has 1 aliphatic rings. The van der Waals surface area contributed by atoms with E-state index < -0.39 is 0 Å². The van der Waals surface area contributed by atoms with E-state index in [1.807, 2.05) is 55.4 Å². The average molecular weight is 374 g/mol. The second-order valence-corrected chi connectivity index (χ2v) is 7.19. The van der Waals surface area contributed by atoms with E-state index in [4.69, 9.17) is 11.6 Å². The molecule has 0 bridgehead atoms. The van der Waals surface area contributed by atoms with Gasteiger partial charge in [0.2, 0.25) is 5.91 Å². The largest absolute Gasteiger partial charge is 0.361 e. The van der Waals surface area contributed by atoms with Gasteiger partial charge in [0.05, 0.1) is 0 Å². The van der Waals surface area contributed by atoms with Gasteiger partial charge in [-0.1, -0.05) is 23.7 Å². The van der Waals surface area contributed by atoms with Gasteiger partial charge in [-0.25, -0.2) is 0 Å². The normalized spacial score (nSPS) is 15.0. The van der Waals surface area contributed by atoms with Gasteiger partial charge in [0.15, 0.2) is 11.6 Å². The first-order chi connectivity index (χ1) is 12.5. The topological polar surface area (TPSA) is 61.4 Å². The number of carbonyl (C=O) groups is 1. The first kappa shape index (κ1) is 18.5. The van der Waals surface area contributed by atoms with Gasteiger partial charge in [-0.05, 0) is 42.7 Å². The number of piperidine rings is 1. The molecule has 1 aromatic heterocycles. The molecule has 0 radical (unpaired) electrons. The fourth-order valence-corrected chi connectivity index (χ4v) is 3.16. The van der Waals surface area contributed by atoms with Crippen LogP contribution in [0.5, 0.6) is 0 Å². The van der Waals surface area contributed by atoms with Crippen molar-refractivity contribution in [3.05, 3.63) is 47.0 Å². The Hall–Kier alpha value is -2.34. The summed E-state index contributed by atoms with van der Waals surface area (Å²) >= 11 is 5.88. The summed E-state index contributed by atoms with van der Waals surface area (Å²) in [7, 11) is 3.88. The highest BCUT2D eigenvalue weighted by atomic mass is 35.5. The lowest BCUT2D eigenvalue weighted by Crippen LogP contribution is -2.40. The van der Waals surface area contributed by atoms with E-state index >= 15 is 0 Å². The Labute approximate surface area is 159 Å². The highest BCUT2D eigenvalue weighted by Gasteiger charge is 2.25. The summed E-state index contributed by atoms with van der Waals surface area (Å²) in [6.45, 7) is 2.16. The molecule has 2 heterocycles. The third kappa shape index (κ3) is 4.64. The molecule has 1 N–H and O–H groups in total. The molecular weight excluding hydrogens is 350 g/mol. The minimum atomic E-state index is 0.0487. The molecule has 0 atom stereocenters. The van der Waals surface area contributed by atoms with Crippen LogP contribution in [0, 0.1) is 5.92 Å². The summed E-state index contributed by atoms with van der Waals surface area (Å²) in [5.41, 5.74) is 1.05. The van der Waals surface area contributed by atoms with Gasteiger partial charge >= 0.3 is 0 Å². The summed E-state index contributed by atoms with van der Waals surface area (Å²) in [5.74, 6) is 1.88. The van der Waals surface area contributed by atoms with Crippen molar-refractivity contribution in [2.24, 2.45) is 5.92 Å². The molecule has 6 nitrogen and oxygen atoms in total. The fraction of sp³-hybridized carbons (Fsp3) is 0.421. The molecule has 0 spiro atoms. The predicted octanol–water partition coefficient (Wildman–Crippen LogP) is 2.73. The van der Waals surface area contributed by atoms with Crippen LogP contribution in [-0.4, -0.2) is 43.3 Å². The summed E-state index contributed by atoms with van der Waals surface area (Å²) < 4.78 is 0. The molecule has 1 fully saturated rings. The molecule has 138 valence electrons. The van der Waals surface area contributed by atoms with Crippen molar-refractivity contribution in [3.8, 4) is 0 Å². The second kappa shape index (κ2) is 8.36. The zero-order chi connectivity index (χ0) is 18.5. The highest BCUT2D eigenvalue weighted by molar-refractivity contribution is 6.30. The summed E-state index contributed by atoms with van der Waals surface area (Å²) in [5, 5.41) is 12.3. The van der Waals surface area contributed by atoms with Crippen molar-refractivity contribution in [1.82, 2.24) is 15.5 Å². The summed E-state index contributed by atoms with van der Waals surface area (Å²) in [6.07, 6.45) is 1.65. The van der Waals surface area contributed by atoms with Crippen molar-refractivity contribution >= 4 is 29.1 Å². The van der Waals surface area contributed by atoms with Gasteiger partial charge < -0.3 is 15.1 Å². The van der Waals surface area contributed by atoms with E-state index in [-0.39, 0.29) is 11.8 Å². The van der Waals surface area contributed by atoms with Gasteiger partial charge in [0, 0.05) is 44.7 Å². The lowest BCUT2D eigenvalue weighted by Gasteiger charge is -2.32. The third-order valence-electron chi connectivity index (χ3n) is 4.66. The van der Waals surface area contributed by atoms with Crippen LogP contribution < -0.4 is 15.1 Å². The molecule has 1 saturated heterocycles. The SMILES string of the molecule is CN(C)c1ccc(N2CCC(C(=O)NCc3ccc(Cl)cc3)CC2)nn1. The summed E-state index contributed by atoms with van der Waals surface area (Å²) in [6, 6.07) is 11.5. The monoisotopic (exact) mass is 373 g/mol. The number of carbonyl (C=O) groups excluding carboxylic acids is 1. The number of benzene rings is 1. The highest BCUT2D eigenvalue weighted by Crippen LogP contribution is 2.22. The molecule has 2 aromatic rings. The number of rotatable bonds is 5. The van der Waals surface area contributed by atoms with Crippen LogP contribution in [0.15, 0.2) is 36.4 Å². The van der Waals surface area contributed by atoms with E-state index in [1.165, 1.54) is 0 Å². The maximum Gasteiger partial charge on any atom is 0.223 e. The Kier molecular flexibility index (Phi) is 5.93. The van der Waals surface area contributed by atoms with E-state index in [9.17, 15) is 4.79 Å². The molecular formula is C19H24ClN5O. The van der Waals surface area contributed by atoms with Crippen LogP contribution in [0.2, 0.25) is 5.02 Å². The Morgan fingerprint density at radius 3 is 2.42 bits per heavy atom. The van der Waals surface area contributed by atoms with Crippen molar-refractivity contribution in [2.45, 2.75) is 19.4 Å². The van der Waals surface area contributed by atoms with Crippen molar-refractivity contribution in [2.75, 3.05) is 37.0 Å². The number of aromatic nitrogens is 2. The molecule has 0 aliphatic carbocycles. The number of hydrogen-bond acceptors (Lipinski definition) is 5. The van der Waals surface area contributed by atoms with Crippen LogP contribution in [-0.2, 0) is 11.3 Å². The Balaban J connectivity index is 1.48. The standard InChI is InChI=1S/C19H24ClN5O/c1-24(2)17-7-8-18(23-22-17)25-11-9-15(10-12-25)19(26)21-13-14-3-5-16(20)6-4-14/h3-8,15H,9-13H2,1-2H3,(H,21,26). The second-order valence-electron chi connectivity index (χ2n) is 6.75. The Morgan fingerprint density at radius 2 is 1.85 bits per heavy atom. The first-order valence-electron chi connectivity index (χ1n) is 8.81. The van der Waals surface area contributed by atoms with E-state index in [0.717, 1.165) is 43.1 Å². The van der Waals surface area contributed by atoms with Gasteiger partial charge in [-0.15, -0.1) is 10.2 Å². The fourth-order valence-electron chi connectivity index (χ4n) is 3.03. The third-order valence-corrected chi connectivity index (χ3v) is 4.92. The zero-order valence-corrected chi connectivity index (χ0v) is 15.9. The quantitative estimate of drug-likeness (QED) is 0.873. The van der Waals surface area contributed by atoms with Gasteiger partial charge in [0.1, 0.15) is 0 Å². The lowest BCUT2D eigenvalue weighted by molar-refractivity contribution is -0.125. The molecule has 1 aliphatic heterocycles. The minimum Gasteiger partial charge on any atom is -0.361 e. The molecule has 0 saturated carbocycles. The minimum absolute atomic E-state index is 0.0487. The van der Waals surface area contributed by atoms with Gasteiger partial charge in [-0.3, -0.25) is 4.79 Å². The zero-order valence-electron chi connectivity index (χ0n) is 15.2. The number of halogens is 1. The van der Waals surface area contributed by atoms with Crippen LogP contribution in [0.1, 0.15) is 18.4 Å². The molecule has 1 amide bonds. The van der Waals surface area contributed by atoms with Gasteiger partial charge in [0.25, 0.3) is 0 Å². The maximum atomic E-state index is 12.4. The molecule has 1 aromatic carbocycles. The van der Waals surface area contributed by atoms with Crippen LogP contribution in [0.25, 0.3) is 0 Å². The number of hydrogen-bond donors (Lipinski definition) is 1. The predicted molar refractivity (Wildman–Crippen MR) is 105 cm³/mol. The van der Waals surface area contributed by atoms with Gasteiger partial charge in [-0.2, -0.15) is 0 Å². The van der Waals surface area contributed by atoms with Crippen LogP contribution in [0.3, 0.4) is 0 Å². The first-order valence-corrected chi connectivity index (χ1v) is 9.19. The lowest BCUT2D eigenvalue weighted by atomic mass is 9.96. The molecule has 0 unspecified atom stereocenters. The Morgan fingerprint density at radius 1 is 1.15 bits per heavy atom. The van der Waals surface area contributed by atoms with Crippen LogP contribution in [0.4, 0.5) is 11.6 Å². The average Bonchev–Trinajstić information content (AvgIpc) is 2.67. The van der Waals surface area contributed by atoms with E-state index in [2.05, 4.69) is 20.4 Å². The van der Waals surface area contributed by atoms with Crippen molar-refractivity contribution in [3.63, 3.8) is 0 Å². The summed E-state index contributed by atoms with van der Waals surface area (Å²) in [4.78, 5) is 16.5. The van der Waals surface area contributed by atoms with Crippen LogP contribution >= 0.6 is 11.6 Å². The number of nitrogens with one attached hydrogen (secondary N) is 1. The number of amides is 1. The number of anilines is 2. The van der Waals surface area contributed by atoms with E-state index in [0.29, 0.717) is 11.6 Å². The van der Waals surface area contributed by atoms with E-state index in [1.54, 1.807) is 0 Å². The molecule has 3 rings (SSSR count). The van der Waals surface area contributed by atoms with Crippen molar-refractivity contribution < 1.29 is 4.79 Å². The molecule has 7 heteroatoms. The Bertz CT molecular complexity index is 725. The number of nitrogens with zero attached hydrogens (tertiary/aromatic N) is 4. The smallest absolute Gasteiger partial charge is 0.223 e.